The minimum Gasteiger partial charge on any atom is -0.478 e. The van der Waals surface area contributed by atoms with Crippen molar-refractivity contribution in [2.24, 2.45) is 5.73 Å². The van der Waals surface area contributed by atoms with E-state index in [1.165, 1.54) is 6.07 Å². The Kier molecular flexibility index (Phi) is 2.00. The Balaban J connectivity index is 2.68. The Labute approximate surface area is 80.3 Å². The predicted molar refractivity (Wildman–Crippen MR) is 48.6 cm³/mol. The minimum atomic E-state index is -1.24. The zero-order valence-corrected chi connectivity index (χ0v) is 7.46. The first-order chi connectivity index (χ1) is 6.61. The van der Waals surface area contributed by atoms with Crippen LogP contribution in [-0.4, -0.2) is 11.1 Å². The molecule has 0 saturated heterocycles. The maximum atomic E-state index is 13.2. The van der Waals surface area contributed by atoms with Crippen LogP contribution in [0.3, 0.4) is 0 Å². The number of aromatic carboxylic acids is 1. The summed E-state index contributed by atoms with van der Waals surface area (Å²) in [7, 11) is 0. The number of carboxylic acid groups (broad SMARTS) is 1. The Morgan fingerprint density at radius 2 is 2.29 bits per heavy atom. The molecular formula is C10H10FNO2. The van der Waals surface area contributed by atoms with E-state index >= 15 is 0 Å². The third kappa shape index (κ3) is 1.19. The van der Waals surface area contributed by atoms with Gasteiger partial charge in [-0.15, -0.1) is 0 Å². The Bertz CT molecular complexity index is 403. The van der Waals surface area contributed by atoms with Crippen molar-refractivity contribution >= 4 is 5.97 Å². The molecular weight excluding hydrogens is 185 g/mol. The van der Waals surface area contributed by atoms with Crippen LogP contribution in [-0.2, 0) is 6.42 Å². The van der Waals surface area contributed by atoms with Crippen LogP contribution in [0.25, 0.3) is 0 Å². The molecule has 0 amide bonds. The van der Waals surface area contributed by atoms with E-state index in [1.807, 2.05) is 0 Å². The lowest BCUT2D eigenvalue weighted by Gasteiger charge is -2.09. The number of aryl methyl sites for hydroxylation is 1. The van der Waals surface area contributed by atoms with Gasteiger partial charge in [0, 0.05) is 6.04 Å². The van der Waals surface area contributed by atoms with Gasteiger partial charge < -0.3 is 10.8 Å². The first-order valence-corrected chi connectivity index (χ1v) is 4.41. The molecule has 4 heteroatoms. The van der Waals surface area contributed by atoms with Crippen molar-refractivity contribution in [2.45, 2.75) is 18.9 Å². The Morgan fingerprint density at radius 1 is 1.57 bits per heavy atom. The molecule has 0 radical (unpaired) electrons. The second-order valence-electron chi connectivity index (χ2n) is 3.45. The molecule has 0 saturated carbocycles. The fourth-order valence-corrected chi connectivity index (χ4v) is 1.95. The average Bonchev–Trinajstić information content (AvgIpc) is 2.47. The molecule has 1 unspecified atom stereocenters. The molecule has 1 aliphatic carbocycles. The van der Waals surface area contributed by atoms with Gasteiger partial charge in [0.1, 0.15) is 11.4 Å². The number of hydrogen-bond donors (Lipinski definition) is 2. The standard InChI is InChI=1S/C10H10FNO2/c11-6-3-1-5-2-4-7(12)8(5)9(6)10(13)14/h1,3,7H,2,4,12H2,(H,13,14). The molecule has 74 valence electrons. The van der Waals surface area contributed by atoms with Crippen LogP contribution in [0.5, 0.6) is 0 Å². The minimum absolute atomic E-state index is 0.257. The maximum absolute atomic E-state index is 13.2. The van der Waals surface area contributed by atoms with E-state index in [0.29, 0.717) is 12.0 Å². The third-order valence-electron chi connectivity index (χ3n) is 2.59. The van der Waals surface area contributed by atoms with Crippen molar-refractivity contribution in [2.75, 3.05) is 0 Å². The van der Waals surface area contributed by atoms with Gasteiger partial charge in [0.05, 0.1) is 0 Å². The quantitative estimate of drug-likeness (QED) is 0.713. The van der Waals surface area contributed by atoms with Gasteiger partial charge in [-0.3, -0.25) is 0 Å². The van der Waals surface area contributed by atoms with Crippen LogP contribution in [0, 0.1) is 5.82 Å². The van der Waals surface area contributed by atoms with Crippen LogP contribution in [0.1, 0.15) is 33.9 Å². The highest BCUT2D eigenvalue weighted by Crippen LogP contribution is 2.33. The fourth-order valence-electron chi connectivity index (χ4n) is 1.95. The fraction of sp³-hybridized carbons (Fsp3) is 0.300. The van der Waals surface area contributed by atoms with Gasteiger partial charge in [-0.25, -0.2) is 9.18 Å². The van der Waals surface area contributed by atoms with Gasteiger partial charge in [-0.05, 0) is 30.0 Å². The first-order valence-electron chi connectivity index (χ1n) is 4.41. The number of nitrogens with two attached hydrogens (primary N) is 1. The highest BCUT2D eigenvalue weighted by atomic mass is 19.1. The topological polar surface area (TPSA) is 63.3 Å². The van der Waals surface area contributed by atoms with E-state index < -0.39 is 11.8 Å². The number of carbonyl (C=O) groups is 1. The molecule has 14 heavy (non-hydrogen) atoms. The second-order valence-corrected chi connectivity index (χ2v) is 3.45. The summed E-state index contributed by atoms with van der Waals surface area (Å²) in [4.78, 5) is 10.8. The largest absolute Gasteiger partial charge is 0.478 e. The van der Waals surface area contributed by atoms with Gasteiger partial charge in [0.25, 0.3) is 0 Å². The number of hydrogen-bond acceptors (Lipinski definition) is 2. The highest BCUT2D eigenvalue weighted by molar-refractivity contribution is 5.90. The molecule has 0 heterocycles. The molecule has 1 atom stereocenters. The average molecular weight is 195 g/mol. The molecule has 3 nitrogen and oxygen atoms in total. The molecule has 3 N–H and O–H groups in total. The lowest BCUT2D eigenvalue weighted by molar-refractivity contribution is 0.0690. The van der Waals surface area contributed by atoms with Crippen LogP contribution >= 0.6 is 0 Å². The van der Waals surface area contributed by atoms with E-state index in [-0.39, 0.29) is 11.6 Å². The number of rotatable bonds is 1. The molecule has 1 aliphatic rings. The van der Waals surface area contributed by atoms with E-state index in [2.05, 4.69) is 0 Å². The van der Waals surface area contributed by atoms with Crippen LogP contribution < -0.4 is 5.73 Å². The molecule has 0 spiro atoms. The van der Waals surface area contributed by atoms with Crippen LogP contribution in [0.4, 0.5) is 4.39 Å². The third-order valence-corrected chi connectivity index (χ3v) is 2.59. The molecule has 1 aromatic carbocycles. The second kappa shape index (κ2) is 3.06. The lowest BCUT2D eigenvalue weighted by Crippen LogP contribution is -2.13. The monoisotopic (exact) mass is 195 g/mol. The summed E-state index contributed by atoms with van der Waals surface area (Å²) in [6.07, 6.45) is 1.43. The van der Waals surface area contributed by atoms with E-state index in [9.17, 15) is 9.18 Å². The predicted octanol–water partition coefficient (Wildman–Crippen LogP) is 1.47. The molecule has 2 rings (SSSR count). The number of carboxylic acids is 1. The summed E-state index contributed by atoms with van der Waals surface area (Å²) in [5, 5.41) is 8.85. The molecule has 0 bridgehead atoms. The van der Waals surface area contributed by atoms with Crippen molar-refractivity contribution in [3.63, 3.8) is 0 Å². The summed E-state index contributed by atoms with van der Waals surface area (Å²) in [6.45, 7) is 0. The maximum Gasteiger partial charge on any atom is 0.339 e. The summed E-state index contributed by atoms with van der Waals surface area (Å²) >= 11 is 0. The highest BCUT2D eigenvalue weighted by Gasteiger charge is 2.27. The van der Waals surface area contributed by atoms with Crippen molar-refractivity contribution in [1.82, 2.24) is 0 Å². The van der Waals surface area contributed by atoms with E-state index in [0.717, 1.165) is 12.0 Å². The Morgan fingerprint density at radius 3 is 2.93 bits per heavy atom. The molecule has 1 aromatic rings. The van der Waals surface area contributed by atoms with Gasteiger partial charge in [0.15, 0.2) is 0 Å². The van der Waals surface area contributed by atoms with Crippen molar-refractivity contribution in [1.29, 1.82) is 0 Å². The van der Waals surface area contributed by atoms with Crippen molar-refractivity contribution < 1.29 is 14.3 Å². The summed E-state index contributed by atoms with van der Waals surface area (Å²) in [5.41, 5.74) is 6.79. The molecule has 0 aromatic heterocycles. The van der Waals surface area contributed by atoms with Gasteiger partial charge in [0.2, 0.25) is 0 Å². The number of fused-ring (bicyclic) bond motifs is 1. The van der Waals surface area contributed by atoms with Crippen LogP contribution in [0.2, 0.25) is 0 Å². The number of benzene rings is 1. The van der Waals surface area contributed by atoms with Crippen molar-refractivity contribution in [3.05, 3.63) is 34.6 Å². The molecule has 0 aliphatic heterocycles. The first kappa shape index (κ1) is 9.15. The zero-order valence-electron chi connectivity index (χ0n) is 7.46. The van der Waals surface area contributed by atoms with Gasteiger partial charge >= 0.3 is 5.97 Å². The van der Waals surface area contributed by atoms with Crippen molar-refractivity contribution in [3.8, 4) is 0 Å². The lowest BCUT2D eigenvalue weighted by atomic mass is 10.0. The normalized spacial score (nSPS) is 19.4. The summed E-state index contributed by atoms with van der Waals surface area (Å²) in [5.74, 6) is -1.94. The smallest absolute Gasteiger partial charge is 0.339 e. The van der Waals surface area contributed by atoms with Gasteiger partial charge in [-0.1, -0.05) is 6.07 Å². The summed E-state index contributed by atoms with van der Waals surface area (Å²) < 4.78 is 13.2. The van der Waals surface area contributed by atoms with E-state index in [1.54, 1.807) is 6.07 Å². The van der Waals surface area contributed by atoms with Gasteiger partial charge in [-0.2, -0.15) is 0 Å². The van der Waals surface area contributed by atoms with E-state index in [4.69, 9.17) is 10.8 Å². The SMILES string of the molecule is NC1CCc2ccc(F)c(C(=O)O)c21. The Hall–Kier alpha value is -1.42. The number of halogens is 1. The van der Waals surface area contributed by atoms with Crippen LogP contribution in [0.15, 0.2) is 12.1 Å². The zero-order chi connectivity index (χ0) is 10.3. The molecule has 0 fully saturated rings. The summed E-state index contributed by atoms with van der Waals surface area (Å²) in [6, 6.07) is 2.47.